The van der Waals surface area contributed by atoms with Gasteiger partial charge in [0.25, 0.3) is 0 Å². The summed E-state index contributed by atoms with van der Waals surface area (Å²) in [5.41, 5.74) is 2.14. The second-order valence-electron chi connectivity index (χ2n) is 9.02. The summed E-state index contributed by atoms with van der Waals surface area (Å²) in [6.45, 7) is 11.5. The number of carbonyl (C=O) groups is 1. The molecular formula is C23H28FN5O2. The maximum Gasteiger partial charge on any atom is 0.410 e. The van der Waals surface area contributed by atoms with E-state index in [1.807, 2.05) is 38.5 Å². The number of hydrogen-bond acceptors (Lipinski definition) is 5. The van der Waals surface area contributed by atoms with E-state index in [2.05, 4.69) is 21.8 Å². The molecule has 164 valence electrons. The number of benzene rings is 1. The molecule has 4 rings (SSSR count). The molecule has 1 aliphatic heterocycles. The highest BCUT2D eigenvalue weighted by Gasteiger charge is 2.31. The molecule has 1 aromatic carbocycles. The zero-order chi connectivity index (χ0) is 22.3. The summed E-state index contributed by atoms with van der Waals surface area (Å²) >= 11 is 0. The van der Waals surface area contributed by atoms with Gasteiger partial charge in [-0.1, -0.05) is 0 Å². The van der Waals surface area contributed by atoms with E-state index in [0.29, 0.717) is 19.6 Å². The number of ether oxygens (including phenoxy) is 1. The fraction of sp³-hybridized carbons (Fsp3) is 0.435. The Balaban J connectivity index is 1.63. The summed E-state index contributed by atoms with van der Waals surface area (Å²) in [5, 5.41) is 0.962. The summed E-state index contributed by atoms with van der Waals surface area (Å²) in [7, 11) is 0. The van der Waals surface area contributed by atoms with Crippen LogP contribution in [0.2, 0.25) is 0 Å². The van der Waals surface area contributed by atoms with Crippen molar-refractivity contribution in [2.24, 2.45) is 0 Å². The molecule has 1 saturated heterocycles. The van der Waals surface area contributed by atoms with Gasteiger partial charge in [0, 0.05) is 37.6 Å². The quantitative estimate of drug-likeness (QED) is 0.612. The SMILES string of the molecule is Cc1cn(-c2ccc(F)cc2)c2ncnc(N3CCN(C(=O)OC(C)(C)C)C[C@@H]3C)c12. The molecule has 0 aliphatic carbocycles. The average molecular weight is 426 g/mol. The van der Waals surface area contributed by atoms with Crippen LogP contribution in [0.25, 0.3) is 16.7 Å². The van der Waals surface area contributed by atoms with Crippen LogP contribution < -0.4 is 4.90 Å². The summed E-state index contributed by atoms with van der Waals surface area (Å²) in [5.74, 6) is 0.573. The molecule has 0 saturated carbocycles. The van der Waals surface area contributed by atoms with E-state index < -0.39 is 5.60 Å². The number of fused-ring (bicyclic) bond motifs is 1. The number of hydrogen-bond donors (Lipinski definition) is 0. The Labute approximate surface area is 181 Å². The monoisotopic (exact) mass is 425 g/mol. The van der Waals surface area contributed by atoms with Gasteiger partial charge >= 0.3 is 6.09 Å². The largest absolute Gasteiger partial charge is 0.444 e. The highest BCUT2D eigenvalue weighted by atomic mass is 19.1. The van der Waals surface area contributed by atoms with E-state index >= 15 is 0 Å². The van der Waals surface area contributed by atoms with Crippen LogP contribution >= 0.6 is 0 Å². The number of aryl methyl sites for hydroxylation is 1. The van der Waals surface area contributed by atoms with Crippen LogP contribution in [0.5, 0.6) is 0 Å². The lowest BCUT2D eigenvalue weighted by Gasteiger charge is -2.41. The Bertz CT molecular complexity index is 1100. The van der Waals surface area contributed by atoms with Crippen LogP contribution in [0.15, 0.2) is 36.8 Å². The van der Waals surface area contributed by atoms with Crippen molar-refractivity contribution in [2.45, 2.75) is 46.3 Å². The van der Waals surface area contributed by atoms with Crippen molar-refractivity contribution in [2.75, 3.05) is 24.5 Å². The minimum Gasteiger partial charge on any atom is -0.444 e. The average Bonchev–Trinajstić information content (AvgIpc) is 3.04. The minimum atomic E-state index is -0.517. The summed E-state index contributed by atoms with van der Waals surface area (Å²) in [6, 6.07) is 6.41. The molecule has 31 heavy (non-hydrogen) atoms. The predicted molar refractivity (Wildman–Crippen MR) is 118 cm³/mol. The lowest BCUT2D eigenvalue weighted by atomic mass is 10.1. The molecule has 0 bridgehead atoms. The van der Waals surface area contributed by atoms with Crippen LogP contribution in [0.4, 0.5) is 15.0 Å². The highest BCUT2D eigenvalue weighted by Crippen LogP contribution is 2.32. The van der Waals surface area contributed by atoms with E-state index in [0.717, 1.165) is 28.1 Å². The number of nitrogens with zero attached hydrogens (tertiary/aromatic N) is 5. The van der Waals surface area contributed by atoms with E-state index in [1.165, 1.54) is 12.1 Å². The smallest absolute Gasteiger partial charge is 0.410 e. The standard InChI is InChI=1S/C23H28FN5O2/c1-15-12-29(18-8-6-17(24)7-9-18)21-19(15)20(25-14-26-21)28-11-10-27(13-16(28)2)22(30)31-23(3,4)5/h6-9,12,14,16H,10-11,13H2,1-5H3/t16-/m0/s1. The first kappa shape index (κ1) is 21.1. The molecule has 7 nitrogen and oxygen atoms in total. The fourth-order valence-corrected chi connectivity index (χ4v) is 4.00. The lowest BCUT2D eigenvalue weighted by Crippen LogP contribution is -2.54. The van der Waals surface area contributed by atoms with E-state index in [4.69, 9.17) is 4.74 Å². The van der Waals surface area contributed by atoms with Crippen molar-refractivity contribution in [1.29, 1.82) is 0 Å². The summed E-state index contributed by atoms with van der Waals surface area (Å²) in [6.07, 6.45) is 3.27. The van der Waals surface area contributed by atoms with Crippen molar-refractivity contribution in [3.63, 3.8) is 0 Å². The van der Waals surface area contributed by atoms with E-state index in [9.17, 15) is 9.18 Å². The van der Waals surface area contributed by atoms with Gasteiger partial charge in [-0.3, -0.25) is 0 Å². The molecule has 8 heteroatoms. The van der Waals surface area contributed by atoms with Crippen LogP contribution in [0.3, 0.4) is 0 Å². The molecule has 1 aliphatic rings. The van der Waals surface area contributed by atoms with Gasteiger partial charge in [0.15, 0.2) is 0 Å². The Kier molecular flexibility index (Phi) is 5.33. The second-order valence-corrected chi connectivity index (χ2v) is 9.02. The van der Waals surface area contributed by atoms with E-state index in [1.54, 1.807) is 23.4 Å². The Morgan fingerprint density at radius 3 is 2.52 bits per heavy atom. The maximum atomic E-state index is 13.4. The first-order chi connectivity index (χ1) is 14.6. The van der Waals surface area contributed by atoms with Crippen molar-refractivity contribution in [3.05, 3.63) is 48.2 Å². The molecule has 0 N–H and O–H groups in total. The summed E-state index contributed by atoms with van der Waals surface area (Å²) < 4.78 is 20.9. The maximum absolute atomic E-state index is 13.4. The Morgan fingerprint density at radius 2 is 1.87 bits per heavy atom. The van der Waals surface area contributed by atoms with Gasteiger partial charge in [-0.15, -0.1) is 0 Å². The zero-order valence-electron chi connectivity index (χ0n) is 18.6. The molecule has 1 fully saturated rings. The number of aromatic nitrogens is 3. The molecule has 3 aromatic rings. The zero-order valence-corrected chi connectivity index (χ0v) is 18.6. The number of piperazine rings is 1. The number of halogens is 1. The summed E-state index contributed by atoms with van der Waals surface area (Å²) in [4.78, 5) is 25.6. The van der Waals surface area contributed by atoms with Crippen LogP contribution in [0, 0.1) is 12.7 Å². The van der Waals surface area contributed by atoms with Gasteiger partial charge in [0.2, 0.25) is 0 Å². The predicted octanol–water partition coefficient (Wildman–Crippen LogP) is 4.31. The molecule has 0 radical (unpaired) electrons. The van der Waals surface area contributed by atoms with Gasteiger partial charge in [0.05, 0.1) is 5.39 Å². The first-order valence-corrected chi connectivity index (χ1v) is 10.5. The fourth-order valence-electron chi connectivity index (χ4n) is 4.00. The Hall–Kier alpha value is -3.16. The third kappa shape index (κ3) is 4.19. The molecule has 3 heterocycles. The third-order valence-electron chi connectivity index (χ3n) is 5.41. The molecule has 0 unspecified atom stereocenters. The van der Waals surface area contributed by atoms with Crippen LogP contribution in [-0.4, -0.2) is 56.8 Å². The van der Waals surface area contributed by atoms with Crippen molar-refractivity contribution < 1.29 is 13.9 Å². The van der Waals surface area contributed by atoms with E-state index in [-0.39, 0.29) is 18.0 Å². The van der Waals surface area contributed by atoms with Crippen molar-refractivity contribution >= 4 is 22.9 Å². The third-order valence-corrected chi connectivity index (χ3v) is 5.41. The number of carbonyl (C=O) groups excluding carboxylic acids is 1. The normalized spacial score (nSPS) is 17.3. The number of amides is 1. The van der Waals surface area contributed by atoms with Crippen LogP contribution in [0.1, 0.15) is 33.3 Å². The first-order valence-electron chi connectivity index (χ1n) is 10.5. The van der Waals surface area contributed by atoms with Gasteiger partial charge in [-0.25, -0.2) is 19.2 Å². The van der Waals surface area contributed by atoms with Gasteiger partial charge in [-0.05, 0) is 64.4 Å². The Morgan fingerprint density at radius 1 is 1.16 bits per heavy atom. The molecule has 2 aromatic heterocycles. The minimum absolute atomic E-state index is 0.0629. The number of anilines is 1. The topological polar surface area (TPSA) is 63.5 Å². The van der Waals surface area contributed by atoms with Crippen molar-refractivity contribution in [3.8, 4) is 5.69 Å². The van der Waals surface area contributed by atoms with Gasteiger partial charge < -0.3 is 19.1 Å². The molecular weight excluding hydrogens is 397 g/mol. The van der Waals surface area contributed by atoms with Gasteiger partial charge in [0.1, 0.15) is 29.2 Å². The second kappa shape index (κ2) is 7.83. The lowest BCUT2D eigenvalue weighted by molar-refractivity contribution is 0.0218. The van der Waals surface area contributed by atoms with Gasteiger partial charge in [-0.2, -0.15) is 0 Å². The molecule has 0 spiro atoms. The molecule has 1 amide bonds. The number of rotatable bonds is 2. The van der Waals surface area contributed by atoms with Crippen molar-refractivity contribution in [1.82, 2.24) is 19.4 Å². The molecule has 1 atom stereocenters. The van der Waals surface area contributed by atoms with Crippen LogP contribution in [-0.2, 0) is 4.74 Å². The highest BCUT2D eigenvalue weighted by molar-refractivity contribution is 5.92.